The van der Waals surface area contributed by atoms with Gasteiger partial charge in [-0.05, 0) is 35.4 Å². The molecule has 8 heteroatoms. The molecule has 2 aromatic rings. The van der Waals surface area contributed by atoms with E-state index in [0.717, 1.165) is 6.54 Å². The molecule has 1 N–H and O–H groups in total. The molecule has 3 rings (SSSR count). The Bertz CT molecular complexity index is 976. The molecule has 1 saturated heterocycles. The number of carbonyl (C=O) groups is 2. The molecular weight excluding hydrogens is 406 g/mol. The number of nitrogens with zero attached hydrogens (tertiary/aromatic N) is 2. The number of halogens is 1. The highest BCUT2D eigenvalue weighted by Crippen LogP contribution is 2.39. The topological polar surface area (TPSA) is 87.0 Å². The summed E-state index contributed by atoms with van der Waals surface area (Å²) in [6.45, 7) is 1.21. The van der Waals surface area contributed by atoms with E-state index in [2.05, 4.69) is 4.98 Å². The van der Waals surface area contributed by atoms with Gasteiger partial charge >= 0.3 is 0 Å². The summed E-state index contributed by atoms with van der Waals surface area (Å²) in [6.07, 6.45) is 3.87. The number of Topliss-reactive ketones (excluding diaryl/α,β-unsaturated/α-hetero) is 1. The van der Waals surface area contributed by atoms with E-state index in [1.165, 1.54) is 23.0 Å². The number of hydrogen-bond acceptors (Lipinski definition) is 5. The minimum Gasteiger partial charge on any atom is -0.872 e. The molecule has 1 amide bonds. The Labute approximate surface area is 180 Å². The summed E-state index contributed by atoms with van der Waals surface area (Å²) in [5.41, 5.74) is 0.838. The molecule has 7 nitrogen and oxygen atoms in total. The number of methoxy groups -OCH3 is 1. The van der Waals surface area contributed by atoms with Crippen LogP contribution in [0, 0.1) is 0 Å². The maximum absolute atomic E-state index is 13.3. The molecule has 158 valence electrons. The summed E-state index contributed by atoms with van der Waals surface area (Å²) in [4.78, 5) is 32.4. The molecule has 30 heavy (non-hydrogen) atoms. The largest absolute Gasteiger partial charge is 0.872 e. The summed E-state index contributed by atoms with van der Waals surface area (Å²) < 4.78 is 5.13. The Balaban J connectivity index is 2.08. The molecule has 1 unspecified atom stereocenters. The normalized spacial score (nSPS) is 18.3. The van der Waals surface area contributed by atoms with Gasteiger partial charge in [0.1, 0.15) is 5.75 Å². The van der Waals surface area contributed by atoms with Crippen molar-refractivity contribution in [1.29, 1.82) is 0 Å². The lowest BCUT2D eigenvalue weighted by Gasteiger charge is -2.27. The number of benzene rings is 1. The Morgan fingerprint density at radius 1 is 1.23 bits per heavy atom. The highest BCUT2D eigenvalue weighted by molar-refractivity contribution is 6.46. The Kier molecular flexibility index (Phi) is 6.74. The number of pyridine rings is 1. The van der Waals surface area contributed by atoms with Crippen molar-refractivity contribution in [3.8, 4) is 5.75 Å². The van der Waals surface area contributed by atoms with Crippen molar-refractivity contribution in [1.82, 2.24) is 9.88 Å². The van der Waals surface area contributed by atoms with E-state index >= 15 is 0 Å². The number of carbonyl (C=O) groups excluding carboxylic acids is 2. The van der Waals surface area contributed by atoms with Crippen LogP contribution in [0.1, 0.15) is 23.6 Å². The Morgan fingerprint density at radius 3 is 2.53 bits per heavy atom. The van der Waals surface area contributed by atoms with Crippen LogP contribution in [-0.2, 0) is 9.59 Å². The second kappa shape index (κ2) is 9.28. The zero-order valence-corrected chi connectivity index (χ0v) is 17.9. The number of nitrogens with one attached hydrogen (secondary N) is 1. The maximum Gasteiger partial charge on any atom is 0.295 e. The van der Waals surface area contributed by atoms with Crippen molar-refractivity contribution < 1.29 is 24.3 Å². The third-order valence-corrected chi connectivity index (χ3v) is 5.34. The van der Waals surface area contributed by atoms with Gasteiger partial charge in [-0.3, -0.25) is 14.6 Å². The molecule has 0 aliphatic carbocycles. The average Bonchev–Trinajstić information content (AvgIpc) is 2.98. The van der Waals surface area contributed by atoms with E-state index in [1.54, 1.807) is 36.7 Å². The van der Waals surface area contributed by atoms with E-state index in [1.807, 2.05) is 14.1 Å². The van der Waals surface area contributed by atoms with E-state index in [4.69, 9.17) is 16.3 Å². The molecule has 0 radical (unpaired) electrons. The minimum atomic E-state index is -0.772. The van der Waals surface area contributed by atoms with Crippen LogP contribution in [-0.4, -0.2) is 55.9 Å². The molecule has 0 saturated carbocycles. The van der Waals surface area contributed by atoms with Gasteiger partial charge in [0.15, 0.2) is 0 Å². The Hall–Kier alpha value is -2.90. The van der Waals surface area contributed by atoms with Crippen molar-refractivity contribution >= 4 is 29.1 Å². The van der Waals surface area contributed by atoms with Gasteiger partial charge in [0.05, 0.1) is 38.8 Å². The first-order valence-corrected chi connectivity index (χ1v) is 10.0. The molecule has 1 aromatic heterocycles. The van der Waals surface area contributed by atoms with E-state index in [9.17, 15) is 14.7 Å². The van der Waals surface area contributed by atoms with Crippen LogP contribution < -0.4 is 14.7 Å². The van der Waals surface area contributed by atoms with Crippen LogP contribution in [0.15, 0.2) is 48.3 Å². The summed E-state index contributed by atoms with van der Waals surface area (Å²) in [5.74, 6) is -1.52. The third-order valence-electron chi connectivity index (χ3n) is 5.04. The summed E-state index contributed by atoms with van der Waals surface area (Å²) in [6, 6.07) is 7.24. The van der Waals surface area contributed by atoms with Gasteiger partial charge in [-0.1, -0.05) is 23.4 Å². The first-order chi connectivity index (χ1) is 14.3. The van der Waals surface area contributed by atoms with Gasteiger partial charge < -0.3 is 19.6 Å². The fraction of sp³-hybridized carbons (Fsp3) is 0.318. The summed E-state index contributed by atoms with van der Waals surface area (Å²) in [5, 5.41) is 13.6. The van der Waals surface area contributed by atoms with Crippen LogP contribution in [0.25, 0.3) is 5.76 Å². The molecule has 0 bridgehead atoms. The van der Waals surface area contributed by atoms with Crippen LogP contribution in [0.5, 0.6) is 5.75 Å². The smallest absolute Gasteiger partial charge is 0.295 e. The lowest BCUT2D eigenvalue weighted by Crippen LogP contribution is -3.05. The minimum absolute atomic E-state index is 0.0652. The number of quaternary nitrogens is 1. The highest BCUT2D eigenvalue weighted by Gasteiger charge is 2.43. The summed E-state index contributed by atoms with van der Waals surface area (Å²) in [7, 11) is 5.51. The van der Waals surface area contributed by atoms with Gasteiger partial charge in [0, 0.05) is 30.9 Å². The number of amides is 1. The van der Waals surface area contributed by atoms with Gasteiger partial charge in [0.2, 0.25) is 5.78 Å². The molecule has 1 aliphatic rings. The zero-order chi connectivity index (χ0) is 21.8. The van der Waals surface area contributed by atoms with Crippen LogP contribution in [0.4, 0.5) is 0 Å². The van der Waals surface area contributed by atoms with Crippen LogP contribution >= 0.6 is 11.6 Å². The third kappa shape index (κ3) is 4.32. The number of ketones is 1. The predicted molar refractivity (Wildman–Crippen MR) is 111 cm³/mol. The molecule has 1 fully saturated rings. The molecule has 2 heterocycles. The fourth-order valence-corrected chi connectivity index (χ4v) is 3.82. The van der Waals surface area contributed by atoms with Crippen molar-refractivity contribution in [2.45, 2.75) is 12.5 Å². The number of ether oxygens (including phenoxy) is 1. The van der Waals surface area contributed by atoms with E-state index in [-0.39, 0.29) is 16.2 Å². The summed E-state index contributed by atoms with van der Waals surface area (Å²) >= 11 is 6.17. The van der Waals surface area contributed by atoms with E-state index in [0.29, 0.717) is 24.3 Å². The van der Waals surface area contributed by atoms with Crippen molar-refractivity contribution in [3.05, 3.63) is 64.4 Å². The van der Waals surface area contributed by atoms with Crippen LogP contribution in [0.2, 0.25) is 5.02 Å². The van der Waals surface area contributed by atoms with Crippen molar-refractivity contribution in [2.75, 3.05) is 34.3 Å². The molecule has 0 spiro atoms. The second-order valence-corrected chi connectivity index (χ2v) is 7.82. The van der Waals surface area contributed by atoms with Gasteiger partial charge in [-0.2, -0.15) is 0 Å². The average molecular weight is 430 g/mol. The highest BCUT2D eigenvalue weighted by atomic mass is 35.5. The number of likely N-dealkylation sites (tertiary alicyclic amines) is 1. The predicted octanol–water partition coefficient (Wildman–Crippen LogP) is 0.502. The van der Waals surface area contributed by atoms with Gasteiger partial charge in [-0.15, -0.1) is 0 Å². The van der Waals surface area contributed by atoms with E-state index < -0.39 is 23.5 Å². The zero-order valence-electron chi connectivity index (χ0n) is 17.1. The second-order valence-electron chi connectivity index (χ2n) is 7.41. The van der Waals surface area contributed by atoms with Gasteiger partial charge in [0.25, 0.3) is 5.91 Å². The molecular formula is C22H24ClN3O4. The number of hydrogen-bond donors (Lipinski definition) is 1. The molecule has 1 aliphatic heterocycles. The lowest BCUT2D eigenvalue weighted by atomic mass is 9.96. The lowest BCUT2D eigenvalue weighted by molar-refractivity contribution is -0.858. The number of rotatable bonds is 7. The van der Waals surface area contributed by atoms with Crippen molar-refractivity contribution in [3.63, 3.8) is 0 Å². The van der Waals surface area contributed by atoms with Crippen molar-refractivity contribution in [2.24, 2.45) is 0 Å². The first kappa shape index (κ1) is 21.8. The van der Waals surface area contributed by atoms with Crippen LogP contribution in [0.3, 0.4) is 0 Å². The van der Waals surface area contributed by atoms with Gasteiger partial charge in [-0.25, -0.2) is 0 Å². The SMILES string of the molecule is COc1ccc(/C([O-])=C2\C(=O)C(=O)N(CCC[NH+](C)C)C2c2ccncc2)cc1Cl. The standard InChI is InChI=1S/C22H24ClN3O4/c1-25(2)11-4-12-26-19(14-7-9-24-10-8-14)18(21(28)22(26)29)20(27)15-5-6-17(30-3)16(23)13-15/h5-10,13,19,27H,4,11-12H2,1-3H3/b20-18+. The first-order valence-electron chi connectivity index (χ1n) is 9.64. The molecule has 1 atom stereocenters. The monoisotopic (exact) mass is 429 g/mol. The molecule has 1 aromatic carbocycles. The maximum atomic E-state index is 13.3. The Morgan fingerprint density at radius 2 is 1.93 bits per heavy atom. The fourth-order valence-electron chi connectivity index (χ4n) is 3.56. The quantitative estimate of drug-likeness (QED) is 0.393. The number of aromatic nitrogens is 1.